The van der Waals surface area contributed by atoms with Crippen molar-refractivity contribution in [2.45, 2.75) is 49.9 Å². The van der Waals surface area contributed by atoms with Crippen molar-refractivity contribution in [3.63, 3.8) is 0 Å². The third-order valence-electron chi connectivity index (χ3n) is 4.29. The molecule has 1 aromatic rings. The number of hydrogen-bond acceptors (Lipinski definition) is 4. The first-order chi connectivity index (χ1) is 8.77. The zero-order valence-corrected chi connectivity index (χ0v) is 11.4. The number of hydrogen-bond donors (Lipinski definition) is 2. The first-order valence-electron chi connectivity index (χ1n) is 6.85. The quantitative estimate of drug-likeness (QED) is 0.880. The Balaban J connectivity index is 1.48. The molecule has 1 aliphatic heterocycles. The van der Waals surface area contributed by atoms with E-state index in [0.29, 0.717) is 12.6 Å². The highest BCUT2D eigenvalue weighted by Gasteiger charge is 2.42. The molecule has 2 atom stereocenters. The van der Waals surface area contributed by atoms with E-state index in [1.54, 1.807) is 11.3 Å². The van der Waals surface area contributed by atoms with Gasteiger partial charge in [0.2, 0.25) is 0 Å². The van der Waals surface area contributed by atoms with Crippen LogP contribution in [0.1, 0.15) is 43.8 Å². The standard InChI is InChI=1S/C14H21NO2S/c16-13(11-3-7-18-10-11)9-15-12-2-6-17-14(8-12)4-1-5-14/h3,7,10,12-13,15-16H,1-2,4-6,8-9H2. The molecule has 1 aromatic heterocycles. The lowest BCUT2D eigenvalue weighted by atomic mass is 9.74. The van der Waals surface area contributed by atoms with E-state index in [0.717, 1.165) is 25.0 Å². The molecule has 18 heavy (non-hydrogen) atoms. The number of aliphatic hydroxyl groups excluding tert-OH is 1. The molecule has 1 spiro atoms. The number of ether oxygens (including phenoxy) is 1. The van der Waals surface area contributed by atoms with Crippen LogP contribution in [0, 0.1) is 0 Å². The first-order valence-corrected chi connectivity index (χ1v) is 7.79. The molecular formula is C14H21NO2S. The fraction of sp³-hybridized carbons (Fsp3) is 0.714. The molecule has 2 N–H and O–H groups in total. The summed E-state index contributed by atoms with van der Waals surface area (Å²) in [6.07, 6.45) is 5.55. The third-order valence-corrected chi connectivity index (χ3v) is 4.99. The highest BCUT2D eigenvalue weighted by Crippen LogP contribution is 2.42. The zero-order valence-electron chi connectivity index (χ0n) is 10.6. The van der Waals surface area contributed by atoms with Gasteiger partial charge in [0.15, 0.2) is 0 Å². The summed E-state index contributed by atoms with van der Waals surface area (Å²) in [6.45, 7) is 1.52. The van der Waals surface area contributed by atoms with Gasteiger partial charge in [-0.05, 0) is 54.5 Å². The van der Waals surface area contributed by atoms with E-state index in [-0.39, 0.29) is 11.7 Å². The van der Waals surface area contributed by atoms with E-state index < -0.39 is 0 Å². The maximum Gasteiger partial charge on any atom is 0.0922 e. The molecule has 0 aromatic carbocycles. The minimum Gasteiger partial charge on any atom is -0.387 e. The topological polar surface area (TPSA) is 41.5 Å². The van der Waals surface area contributed by atoms with Crippen molar-refractivity contribution in [3.05, 3.63) is 22.4 Å². The maximum atomic E-state index is 10.1. The van der Waals surface area contributed by atoms with Crippen LogP contribution in [0.5, 0.6) is 0 Å². The van der Waals surface area contributed by atoms with Gasteiger partial charge in [0.05, 0.1) is 11.7 Å². The van der Waals surface area contributed by atoms with E-state index in [9.17, 15) is 5.11 Å². The average molecular weight is 267 g/mol. The average Bonchev–Trinajstić information content (AvgIpc) is 2.88. The summed E-state index contributed by atoms with van der Waals surface area (Å²) >= 11 is 1.63. The first kappa shape index (κ1) is 12.6. The predicted octanol–water partition coefficient (Wildman–Crippen LogP) is 2.47. The monoisotopic (exact) mass is 267 g/mol. The summed E-state index contributed by atoms with van der Waals surface area (Å²) in [6, 6.07) is 2.50. The number of aliphatic hydroxyl groups is 1. The number of nitrogens with one attached hydrogen (secondary N) is 1. The van der Waals surface area contributed by atoms with Crippen LogP contribution in [0.15, 0.2) is 16.8 Å². The van der Waals surface area contributed by atoms with Gasteiger partial charge in [-0.15, -0.1) is 0 Å². The Morgan fingerprint density at radius 3 is 3.11 bits per heavy atom. The van der Waals surface area contributed by atoms with E-state index in [2.05, 4.69) is 5.32 Å². The van der Waals surface area contributed by atoms with Crippen molar-refractivity contribution in [2.24, 2.45) is 0 Å². The Labute approximate surface area is 112 Å². The summed E-state index contributed by atoms with van der Waals surface area (Å²) in [5.41, 5.74) is 1.21. The van der Waals surface area contributed by atoms with Gasteiger partial charge in [0.1, 0.15) is 0 Å². The summed E-state index contributed by atoms with van der Waals surface area (Å²) in [7, 11) is 0. The molecule has 2 heterocycles. The van der Waals surface area contributed by atoms with Crippen LogP contribution < -0.4 is 5.32 Å². The molecule has 0 radical (unpaired) electrons. The normalized spacial score (nSPS) is 27.9. The van der Waals surface area contributed by atoms with Gasteiger partial charge in [0, 0.05) is 19.2 Å². The number of rotatable bonds is 4. The molecule has 100 valence electrons. The molecule has 1 aliphatic carbocycles. The minimum atomic E-state index is -0.378. The highest BCUT2D eigenvalue weighted by atomic mass is 32.1. The van der Waals surface area contributed by atoms with Crippen LogP contribution in [0.25, 0.3) is 0 Å². The van der Waals surface area contributed by atoms with Gasteiger partial charge in [0.25, 0.3) is 0 Å². The lowest BCUT2D eigenvalue weighted by Crippen LogP contribution is -2.51. The van der Waals surface area contributed by atoms with Crippen LogP contribution in [-0.2, 0) is 4.74 Å². The smallest absolute Gasteiger partial charge is 0.0922 e. The van der Waals surface area contributed by atoms with Gasteiger partial charge >= 0.3 is 0 Å². The van der Waals surface area contributed by atoms with Crippen LogP contribution in [0.4, 0.5) is 0 Å². The molecule has 3 nitrogen and oxygen atoms in total. The van der Waals surface area contributed by atoms with Crippen molar-refractivity contribution >= 4 is 11.3 Å². The molecule has 2 unspecified atom stereocenters. The van der Waals surface area contributed by atoms with Crippen LogP contribution in [-0.4, -0.2) is 29.9 Å². The molecule has 0 bridgehead atoms. The Morgan fingerprint density at radius 2 is 2.44 bits per heavy atom. The lowest BCUT2D eigenvalue weighted by molar-refractivity contribution is -0.136. The van der Waals surface area contributed by atoms with Gasteiger partial charge in [-0.25, -0.2) is 0 Å². The molecule has 4 heteroatoms. The van der Waals surface area contributed by atoms with E-state index in [1.165, 1.54) is 19.3 Å². The molecule has 1 saturated carbocycles. The van der Waals surface area contributed by atoms with Crippen LogP contribution in [0.2, 0.25) is 0 Å². The Hall–Kier alpha value is -0.420. The van der Waals surface area contributed by atoms with Gasteiger partial charge in [-0.2, -0.15) is 11.3 Å². The molecular weight excluding hydrogens is 246 g/mol. The van der Waals surface area contributed by atoms with E-state index >= 15 is 0 Å². The summed E-state index contributed by atoms with van der Waals surface area (Å²) in [4.78, 5) is 0. The Morgan fingerprint density at radius 1 is 1.56 bits per heavy atom. The SMILES string of the molecule is OC(CNC1CCOC2(CCC2)C1)c1ccsc1. The summed E-state index contributed by atoms with van der Waals surface area (Å²) in [5, 5.41) is 17.6. The molecule has 0 amide bonds. The number of thiophene rings is 1. The van der Waals surface area contributed by atoms with Crippen LogP contribution in [0.3, 0.4) is 0 Å². The van der Waals surface area contributed by atoms with Crippen molar-refractivity contribution < 1.29 is 9.84 Å². The van der Waals surface area contributed by atoms with Gasteiger partial charge in [-0.1, -0.05) is 0 Å². The Kier molecular flexibility index (Phi) is 3.71. The highest BCUT2D eigenvalue weighted by molar-refractivity contribution is 7.07. The van der Waals surface area contributed by atoms with Crippen molar-refractivity contribution in [1.29, 1.82) is 0 Å². The second kappa shape index (κ2) is 5.29. The summed E-state index contributed by atoms with van der Waals surface area (Å²) in [5.74, 6) is 0. The fourth-order valence-corrected chi connectivity index (χ4v) is 3.69. The molecule has 2 fully saturated rings. The van der Waals surface area contributed by atoms with E-state index in [1.807, 2.05) is 16.8 Å². The van der Waals surface area contributed by atoms with Crippen molar-refractivity contribution in [2.75, 3.05) is 13.2 Å². The minimum absolute atomic E-state index is 0.184. The lowest BCUT2D eigenvalue weighted by Gasteiger charge is -2.47. The zero-order chi connectivity index (χ0) is 12.4. The predicted molar refractivity (Wildman–Crippen MR) is 72.8 cm³/mol. The molecule has 3 rings (SSSR count). The second-order valence-corrected chi connectivity index (χ2v) is 6.34. The van der Waals surface area contributed by atoms with E-state index in [4.69, 9.17) is 4.74 Å². The fourth-order valence-electron chi connectivity index (χ4n) is 2.98. The largest absolute Gasteiger partial charge is 0.387 e. The van der Waals surface area contributed by atoms with Crippen LogP contribution >= 0.6 is 11.3 Å². The van der Waals surface area contributed by atoms with Crippen molar-refractivity contribution in [3.8, 4) is 0 Å². The molecule has 2 aliphatic rings. The maximum absolute atomic E-state index is 10.1. The third kappa shape index (κ3) is 2.62. The summed E-state index contributed by atoms with van der Waals surface area (Å²) < 4.78 is 5.91. The van der Waals surface area contributed by atoms with Gasteiger partial charge in [-0.3, -0.25) is 0 Å². The van der Waals surface area contributed by atoms with Crippen molar-refractivity contribution in [1.82, 2.24) is 5.32 Å². The molecule has 1 saturated heterocycles. The van der Waals surface area contributed by atoms with Gasteiger partial charge < -0.3 is 15.2 Å². The Bertz CT molecular complexity index is 375. The second-order valence-electron chi connectivity index (χ2n) is 5.56.